The van der Waals surface area contributed by atoms with Crippen LogP contribution in [-0.4, -0.2) is 48.2 Å². The molecule has 8 heteroatoms. The monoisotopic (exact) mass is 334 g/mol. The van der Waals surface area contributed by atoms with Gasteiger partial charge in [-0.1, -0.05) is 23.9 Å². The predicted molar refractivity (Wildman–Crippen MR) is 87.9 cm³/mol. The van der Waals surface area contributed by atoms with Gasteiger partial charge < -0.3 is 19.4 Å². The number of anilines is 2. The summed E-state index contributed by atoms with van der Waals surface area (Å²) in [6.07, 6.45) is 0. The van der Waals surface area contributed by atoms with E-state index in [0.717, 1.165) is 24.5 Å². The van der Waals surface area contributed by atoms with E-state index < -0.39 is 0 Å². The Bertz CT molecular complexity index is 670. The first kappa shape index (κ1) is 15.8. The van der Waals surface area contributed by atoms with Gasteiger partial charge >= 0.3 is 0 Å². The minimum atomic E-state index is -0.105. The second-order valence-corrected chi connectivity index (χ2v) is 5.97. The van der Waals surface area contributed by atoms with Gasteiger partial charge in [-0.15, -0.1) is 10.2 Å². The summed E-state index contributed by atoms with van der Waals surface area (Å²) >= 11 is 1.22. The molecule has 0 spiro atoms. The van der Waals surface area contributed by atoms with Crippen molar-refractivity contribution in [2.24, 2.45) is 0 Å². The van der Waals surface area contributed by atoms with E-state index in [1.165, 1.54) is 11.8 Å². The van der Waals surface area contributed by atoms with Crippen LogP contribution < -0.4 is 10.2 Å². The number of morpholine rings is 1. The van der Waals surface area contributed by atoms with E-state index in [0.29, 0.717) is 24.3 Å². The van der Waals surface area contributed by atoms with E-state index in [-0.39, 0.29) is 11.7 Å². The molecular formula is C15H18N4O3S. The highest BCUT2D eigenvalue weighted by Gasteiger charge is 2.16. The van der Waals surface area contributed by atoms with Gasteiger partial charge in [0.15, 0.2) is 0 Å². The number of para-hydroxylation sites is 2. The summed E-state index contributed by atoms with van der Waals surface area (Å²) in [5.41, 5.74) is 1.82. The van der Waals surface area contributed by atoms with Gasteiger partial charge in [-0.25, -0.2) is 0 Å². The lowest BCUT2D eigenvalue weighted by molar-refractivity contribution is -0.113. The van der Waals surface area contributed by atoms with Crippen LogP contribution in [0.4, 0.5) is 11.4 Å². The number of carbonyl (C=O) groups excluding carboxylic acids is 1. The van der Waals surface area contributed by atoms with Crippen LogP contribution >= 0.6 is 11.8 Å². The summed E-state index contributed by atoms with van der Waals surface area (Å²) in [6, 6.07) is 7.80. The third kappa shape index (κ3) is 4.23. The van der Waals surface area contributed by atoms with Crippen molar-refractivity contribution in [1.29, 1.82) is 0 Å². The molecule has 1 saturated heterocycles. The summed E-state index contributed by atoms with van der Waals surface area (Å²) in [6.45, 7) is 4.77. The summed E-state index contributed by atoms with van der Waals surface area (Å²) in [7, 11) is 0. The molecule has 1 fully saturated rings. The largest absolute Gasteiger partial charge is 0.416 e. The Labute approximate surface area is 138 Å². The summed E-state index contributed by atoms with van der Waals surface area (Å²) in [4.78, 5) is 14.4. The summed E-state index contributed by atoms with van der Waals surface area (Å²) in [5.74, 6) is 0.608. The van der Waals surface area contributed by atoms with Crippen LogP contribution in [0.5, 0.6) is 0 Å². The lowest BCUT2D eigenvalue weighted by Crippen LogP contribution is -2.36. The van der Waals surface area contributed by atoms with E-state index in [9.17, 15) is 4.79 Å². The maximum Gasteiger partial charge on any atom is 0.277 e. The smallest absolute Gasteiger partial charge is 0.277 e. The Morgan fingerprint density at radius 3 is 2.83 bits per heavy atom. The zero-order valence-electron chi connectivity index (χ0n) is 12.8. The maximum atomic E-state index is 12.2. The van der Waals surface area contributed by atoms with Crippen molar-refractivity contribution in [3.8, 4) is 0 Å². The van der Waals surface area contributed by atoms with Crippen molar-refractivity contribution in [1.82, 2.24) is 10.2 Å². The molecule has 2 aromatic rings. The van der Waals surface area contributed by atoms with Gasteiger partial charge in [0.1, 0.15) is 0 Å². The van der Waals surface area contributed by atoms with Crippen LogP contribution in [-0.2, 0) is 9.53 Å². The SMILES string of the molecule is Cc1nnc(SCC(=O)Nc2ccccc2N2CCOCC2)o1. The van der Waals surface area contributed by atoms with Gasteiger partial charge in [-0.2, -0.15) is 0 Å². The molecule has 122 valence electrons. The normalized spacial score (nSPS) is 14.7. The molecule has 1 aliphatic rings. The number of hydrogen-bond donors (Lipinski definition) is 1. The van der Waals surface area contributed by atoms with Crippen LogP contribution in [0.15, 0.2) is 33.9 Å². The lowest BCUT2D eigenvalue weighted by atomic mass is 10.2. The van der Waals surface area contributed by atoms with Crippen molar-refractivity contribution in [2.75, 3.05) is 42.3 Å². The fourth-order valence-corrected chi connectivity index (χ4v) is 2.91. The number of carbonyl (C=O) groups is 1. The molecule has 0 atom stereocenters. The van der Waals surface area contributed by atoms with Crippen molar-refractivity contribution in [2.45, 2.75) is 12.1 Å². The molecule has 1 N–H and O–H groups in total. The molecule has 3 rings (SSSR count). The van der Waals surface area contributed by atoms with Crippen molar-refractivity contribution in [3.05, 3.63) is 30.2 Å². The highest BCUT2D eigenvalue weighted by atomic mass is 32.2. The third-order valence-corrected chi connectivity index (χ3v) is 4.18. The number of aryl methyl sites for hydroxylation is 1. The van der Waals surface area contributed by atoms with Crippen molar-refractivity contribution >= 4 is 29.0 Å². The molecule has 0 unspecified atom stereocenters. The van der Waals surface area contributed by atoms with E-state index in [4.69, 9.17) is 9.15 Å². The Morgan fingerprint density at radius 2 is 2.09 bits per heavy atom. The van der Waals surface area contributed by atoms with Crippen molar-refractivity contribution in [3.63, 3.8) is 0 Å². The molecular weight excluding hydrogens is 316 g/mol. The fourth-order valence-electron chi connectivity index (χ4n) is 2.31. The minimum absolute atomic E-state index is 0.105. The zero-order valence-corrected chi connectivity index (χ0v) is 13.6. The van der Waals surface area contributed by atoms with Crippen molar-refractivity contribution < 1.29 is 13.9 Å². The van der Waals surface area contributed by atoms with Gasteiger partial charge in [-0.05, 0) is 12.1 Å². The van der Waals surface area contributed by atoms with Gasteiger partial charge in [0.2, 0.25) is 11.8 Å². The predicted octanol–water partition coefficient (Wildman–Crippen LogP) is 1.95. The van der Waals surface area contributed by atoms with E-state index in [2.05, 4.69) is 20.4 Å². The zero-order chi connectivity index (χ0) is 16.1. The fraction of sp³-hybridized carbons (Fsp3) is 0.400. The lowest BCUT2D eigenvalue weighted by Gasteiger charge is -2.30. The first-order valence-corrected chi connectivity index (χ1v) is 8.35. The topological polar surface area (TPSA) is 80.5 Å². The molecule has 1 aromatic carbocycles. The molecule has 1 aliphatic heterocycles. The quantitative estimate of drug-likeness (QED) is 0.837. The van der Waals surface area contributed by atoms with Gasteiger partial charge in [0, 0.05) is 20.0 Å². The number of nitrogens with one attached hydrogen (secondary N) is 1. The molecule has 0 saturated carbocycles. The van der Waals surface area contributed by atoms with Gasteiger partial charge in [0.05, 0.1) is 30.3 Å². The second kappa shape index (κ2) is 7.47. The molecule has 0 aliphatic carbocycles. The number of hydrogen-bond acceptors (Lipinski definition) is 7. The second-order valence-electron chi connectivity index (χ2n) is 5.04. The van der Waals surface area contributed by atoms with E-state index in [1.54, 1.807) is 6.92 Å². The maximum absolute atomic E-state index is 12.2. The first-order valence-electron chi connectivity index (χ1n) is 7.37. The molecule has 23 heavy (non-hydrogen) atoms. The van der Waals surface area contributed by atoms with Gasteiger partial charge in [0.25, 0.3) is 5.22 Å². The molecule has 1 aromatic heterocycles. The summed E-state index contributed by atoms with van der Waals surface area (Å²) in [5, 5.41) is 11.0. The molecule has 0 radical (unpaired) electrons. The van der Waals surface area contributed by atoms with Crippen LogP contribution in [0, 0.1) is 6.92 Å². The summed E-state index contributed by atoms with van der Waals surface area (Å²) < 4.78 is 10.6. The Morgan fingerprint density at radius 1 is 1.30 bits per heavy atom. The number of amides is 1. The standard InChI is InChI=1S/C15H18N4O3S/c1-11-17-18-15(22-11)23-10-14(20)16-12-4-2-3-5-13(12)19-6-8-21-9-7-19/h2-5H,6-10H2,1H3,(H,16,20). The highest BCUT2D eigenvalue weighted by molar-refractivity contribution is 7.99. The third-order valence-electron chi connectivity index (χ3n) is 3.36. The number of thioether (sulfide) groups is 1. The molecule has 2 heterocycles. The number of aromatic nitrogens is 2. The first-order chi connectivity index (χ1) is 11.2. The number of benzene rings is 1. The van der Waals surface area contributed by atoms with E-state index in [1.807, 2.05) is 24.3 Å². The minimum Gasteiger partial charge on any atom is -0.416 e. The average molecular weight is 334 g/mol. The molecule has 7 nitrogen and oxygen atoms in total. The number of rotatable bonds is 5. The van der Waals surface area contributed by atoms with Crippen LogP contribution in [0.2, 0.25) is 0 Å². The van der Waals surface area contributed by atoms with Crippen LogP contribution in [0.3, 0.4) is 0 Å². The average Bonchev–Trinajstić information content (AvgIpc) is 3.00. The highest BCUT2D eigenvalue weighted by Crippen LogP contribution is 2.26. The van der Waals surface area contributed by atoms with Gasteiger partial charge in [-0.3, -0.25) is 4.79 Å². The number of ether oxygens (including phenoxy) is 1. The van der Waals surface area contributed by atoms with Crippen LogP contribution in [0.25, 0.3) is 0 Å². The van der Waals surface area contributed by atoms with E-state index >= 15 is 0 Å². The molecule has 1 amide bonds. The Kier molecular flexibility index (Phi) is 5.14. The Hall–Kier alpha value is -2.06. The Balaban J connectivity index is 1.61. The number of nitrogens with zero attached hydrogens (tertiary/aromatic N) is 3. The van der Waals surface area contributed by atoms with Crippen LogP contribution in [0.1, 0.15) is 5.89 Å². The molecule has 0 bridgehead atoms.